The fraction of sp³-hybridized carbons (Fsp3) is 0.300. The maximum Gasteiger partial charge on any atom is 0.334 e. The molecule has 0 aliphatic carbocycles. The number of hydrogen-bond acceptors (Lipinski definition) is 2. The summed E-state index contributed by atoms with van der Waals surface area (Å²) in [7, 11) is 3.44. The Labute approximate surface area is 104 Å². The van der Waals surface area contributed by atoms with Crippen molar-refractivity contribution in [3.63, 3.8) is 0 Å². The van der Waals surface area contributed by atoms with Crippen molar-refractivity contribution in [2.24, 2.45) is 5.73 Å². The van der Waals surface area contributed by atoms with Crippen molar-refractivity contribution in [1.82, 2.24) is 5.01 Å². The number of rotatable bonds is 3. The molecule has 88 valence electrons. The molecule has 0 heterocycles. The van der Waals surface area contributed by atoms with Crippen LogP contribution in [0.1, 0.15) is 5.56 Å². The molecule has 2 amide bonds. The molecule has 1 aromatic rings. The Bertz CT molecular complexity index is 396. The fourth-order valence-electron chi connectivity index (χ4n) is 1.40. The van der Waals surface area contributed by atoms with Gasteiger partial charge in [0.05, 0.1) is 5.69 Å². The number of carbonyl (C=O) groups is 1. The predicted molar refractivity (Wildman–Crippen MR) is 66.8 cm³/mol. The van der Waals surface area contributed by atoms with Crippen LogP contribution in [-0.2, 0) is 5.88 Å². The Kier molecular flexibility index (Phi) is 4.41. The standard InChI is InChI=1S/C10H13Cl2N3O/c1-14(2)15(10(13)16)9-4-3-8(12)5-7(9)6-11/h3-5H,6H2,1-2H3,(H2,13,16). The third kappa shape index (κ3) is 2.78. The van der Waals surface area contributed by atoms with Gasteiger partial charge in [-0.05, 0) is 23.8 Å². The average molecular weight is 262 g/mol. The van der Waals surface area contributed by atoms with Gasteiger partial charge in [0.15, 0.2) is 0 Å². The second-order valence-corrected chi connectivity index (χ2v) is 4.11. The third-order valence-corrected chi connectivity index (χ3v) is 2.55. The first-order chi connectivity index (χ1) is 7.47. The van der Waals surface area contributed by atoms with Crippen LogP contribution in [0.2, 0.25) is 5.02 Å². The Morgan fingerprint density at radius 2 is 2.06 bits per heavy atom. The van der Waals surface area contributed by atoms with Gasteiger partial charge in [-0.2, -0.15) is 0 Å². The molecule has 0 fully saturated rings. The summed E-state index contributed by atoms with van der Waals surface area (Å²) in [6.45, 7) is 0. The molecule has 16 heavy (non-hydrogen) atoms. The normalized spacial score (nSPS) is 10.6. The van der Waals surface area contributed by atoms with E-state index in [1.54, 1.807) is 37.3 Å². The highest BCUT2D eigenvalue weighted by Gasteiger charge is 2.18. The number of primary amides is 1. The number of halogens is 2. The maximum absolute atomic E-state index is 11.3. The second kappa shape index (κ2) is 5.39. The molecule has 4 nitrogen and oxygen atoms in total. The first-order valence-electron chi connectivity index (χ1n) is 4.58. The van der Waals surface area contributed by atoms with Crippen LogP contribution < -0.4 is 10.7 Å². The lowest BCUT2D eigenvalue weighted by atomic mass is 10.2. The summed E-state index contributed by atoms with van der Waals surface area (Å²) in [5.74, 6) is 0.257. The van der Waals surface area contributed by atoms with E-state index in [-0.39, 0.29) is 5.88 Å². The van der Waals surface area contributed by atoms with E-state index in [4.69, 9.17) is 28.9 Å². The zero-order chi connectivity index (χ0) is 12.3. The molecule has 0 bridgehead atoms. The monoisotopic (exact) mass is 261 g/mol. The smallest absolute Gasteiger partial charge is 0.334 e. The SMILES string of the molecule is CN(C)N(C(N)=O)c1ccc(Cl)cc1CCl. The van der Waals surface area contributed by atoms with Crippen LogP contribution in [0, 0.1) is 0 Å². The molecule has 0 spiro atoms. The molecule has 0 aliphatic heterocycles. The van der Waals surface area contributed by atoms with E-state index in [0.717, 1.165) is 5.56 Å². The van der Waals surface area contributed by atoms with E-state index in [1.807, 2.05) is 0 Å². The first-order valence-corrected chi connectivity index (χ1v) is 5.49. The largest absolute Gasteiger partial charge is 0.350 e. The van der Waals surface area contributed by atoms with Gasteiger partial charge < -0.3 is 5.73 Å². The number of anilines is 1. The van der Waals surface area contributed by atoms with Crippen molar-refractivity contribution in [3.05, 3.63) is 28.8 Å². The summed E-state index contributed by atoms with van der Waals surface area (Å²) in [6, 6.07) is 4.54. The lowest BCUT2D eigenvalue weighted by Crippen LogP contribution is -2.45. The minimum absolute atomic E-state index is 0.257. The zero-order valence-corrected chi connectivity index (χ0v) is 10.6. The minimum Gasteiger partial charge on any atom is -0.350 e. The van der Waals surface area contributed by atoms with Gasteiger partial charge in [0, 0.05) is 25.0 Å². The molecule has 1 aromatic carbocycles. The molecule has 0 saturated heterocycles. The lowest BCUT2D eigenvalue weighted by Gasteiger charge is -2.28. The van der Waals surface area contributed by atoms with Crippen LogP contribution in [0.15, 0.2) is 18.2 Å². The van der Waals surface area contributed by atoms with Crippen LogP contribution in [-0.4, -0.2) is 25.1 Å². The summed E-state index contributed by atoms with van der Waals surface area (Å²) < 4.78 is 0. The molecule has 0 unspecified atom stereocenters. The van der Waals surface area contributed by atoms with Gasteiger partial charge in [-0.3, -0.25) is 0 Å². The van der Waals surface area contributed by atoms with Crippen molar-refractivity contribution in [2.75, 3.05) is 19.1 Å². The van der Waals surface area contributed by atoms with E-state index >= 15 is 0 Å². The van der Waals surface area contributed by atoms with Gasteiger partial charge in [-0.25, -0.2) is 14.8 Å². The second-order valence-electron chi connectivity index (χ2n) is 3.40. The third-order valence-electron chi connectivity index (χ3n) is 2.02. The van der Waals surface area contributed by atoms with Gasteiger partial charge in [0.25, 0.3) is 0 Å². The molecule has 0 radical (unpaired) electrons. The first kappa shape index (κ1) is 13.1. The Morgan fingerprint density at radius 1 is 1.44 bits per heavy atom. The Balaban J connectivity index is 3.23. The fourth-order valence-corrected chi connectivity index (χ4v) is 1.81. The summed E-state index contributed by atoms with van der Waals surface area (Å²) in [6.07, 6.45) is 0. The number of urea groups is 1. The molecule has 0 aromatic heterocycles. The number of nitrogens with two attached hydrogens (primary N) is 1. The summed E-state index contributed by atoms with van der Waals surface area (Å²) >= 11 is 11.7. The van der Waals surface area contributed by atoms with Crippen LogP contribution in [0.5, 0.6) is 0 Å². The molecule has 6 heteroatoms. The van der Waals surface area contributed by atoms with E-state index in [1.165, 1.54) is 5.01 Å². The highest BCUT2D eigenvalue weighted by atomic mass is 35.5. The zero-order valence-electron chi connectivity index (χ0n) is 9.08. The van der Waals surface area contributed by atoms with Crippen molar-refractivity contribution >= 4 is 34.9 Å². The average Bonchev–Trinajstić information content (AvgIpc) is 2.19. The molecular formula is C10H13Cl2N3O. The van der Waals surface area contributed by atoms with Crippen molar-refractivity contribution < 1.29 is 4.79 Å². The molecule has 0 saturated carbocycles. The van der Waals surface area contributed by atoms with Gasteiger partial charge in [0.1, 0.15) is 0 Å². The minimum atomic E-state index is -0.571. The Morgan fingerprint density at radius 3 is 2.50 bits per heavy atom. The highest BCUT2D eigenvalue weighted by Crippen LogP contribution is 2.26. The van der Waals surface area contributed by atoms with Crippen molar-refractivity contribution in [1.29, 1.82) is 0 Å². The van der Waals surface area contributed by atoms with Gasteiger partial charge in [-0.15, -0.1) is 11.6 Å². The number of benzene rings is 1. The van der Waals surface area contributed by atoms with Crippen LogP contribution >= 0.6 is 23.2 Å². The highest BCUT2D eigenvalue weighted by molar-refractivity contribution is 6.31. The van der Waals surface area contributed by atoms with Crippen molar-refractivity contribution in [3.8, 4) is 0 Å². The molecule has 1 rings (SSSR count). The quantitative estimate of drug-likeness (QED) is 0.671. The number of hydrazine groups is 1. The molecule has 2 N–H and O–H groups in total. The number of alkyl halides is 1. The number of amides is 2. The van der Waals surface area contributed by atoms with Gasteiger partial charge in [-0.1, -0.05) is 11.6 Å². The van der Waals surface area contributed by atoms with Gasteiger partial charge >= 0.3 is 6.03 Å². The summed E-state index contributed by atoms with van der Waals surface area (Å²) in [5.41, 5.74) is 6.69. The topological polar surface area (TPSA) is 49.6 Å². The summed E-state index contributed by atoms with van der Waals surface area (Å²) in [4.78, 5) is 11.3. The summed E-state index contributed by atoms with van der Waals surface area (Å²) in [5, 5.41) is 3.48. The number of carbonyl (C=O) groups excluding carboxylic acids is 1. The lowest BCUT2D eigenvalue weighted by molar-refractivity contribution is 0.239. The van der Waals surface area contributed by atoms with E-state index < -0.39 is 6.03 Å². The van der Waals surface area contributed by atoms with Crippen LogP contribution in [0.3, 0.4) is 0 Å². The molecule has 0 atom stereocenters. The van der Waals surface area contributed by atoms with E-state index in [0.29, 0.717) is 10.7 Å². The molecule has 0 aliphatic rings. The van der Waals surface area contributed by atoms with E-state index in [9.17, 15) is 4.79 Å². The molecular weight excluding hydrogens is 249 g/mol. The van der Waals surface area contributed by atoms with E-state index in [2.05, 4.69) is 0 Å². The maximum atomic E-state index is 11.3. The van der Waals surface area contributed by atoms with Crippen LogP contribution in [0.25, 0.3) is 0 Å². The Hall–Kier alpha value is -0.970. The predicted octanol–water partition coefficient (Wildman–Crippen LogP) is 2.44. The van der Waals surface area contributed by atoms with Gasteiger partial charge in [0.2, 0.25) is 0 Å². The number of hydrogen-bond donors (Lipinski definition) is 1. The number of nitrogens with zero attached hydrogens (tertiary/aromatic N) is 2. The van der Waals surface area contributed by atoms with Crippen LogP contribution in [0.4, 0.5) is 10.5 Å². The van der Waals surface area contributed by atoms with Crippen molar-refractivity contribution in [2.45, 2.75) is 5.88 Å².